The monoisotopic (exact) mass is 605 g/mol. The molecule has 0 saturated heterocycles. The number of nitrogens with zero attached hydrogens (tertiary/aromatic N) is 3. The summed E-state index contributed by atoms with van der Waals surface area (Å²) in [6, 6.07) is 7.12. The number of aromatic nitrogens is 1. The van der Waals surface area contributed by atoms with Crippen LogP contribution in [0.4, 0.5) is 16.2 Å². The summed E-state index contributed by atoms with van der Waals surface area (Å²) in [4.78, 5) is 29.5. The molecule has 0 unspecified atom stereocenters. The second-order valence-electron chi connectivity index (χ2n) is 10.3. The number of amides is 3. The number of anilines is 2. The summed E-state index contributed by atoms with van der Waals surface area (Å²) in [6.07, 6.45) is -0.599. The number of hydrogen-bond acceptors (Lipinski definition) is 9. The van der Waals surface area contributed by atoms with Crippen LogP contribution in [-0.4, -0.2) is 79.3 Å². The molecule has 0 aliphatic carbocycles. The van der Waals surface area contributed by atoms with Crippen LogP contribution in [0.2, 0.25) is 0 Å². The largest absolute Gasteiger partial charge is 0.488 e. The van der Waals surface area contributed by atoms with E-state index in [1.807, 2.05) is 6.92 Å². The van der Waals surface area contributed by atoms with Gasteiger partial charge in [-0.05, 0) is 50.4 Å². The number of carbonyl (C=O) groups excluding carboxylic acids is 2. The molecular formula is C27H35N5O7S2. The third-order valence-corrected chi connectivity index (χ3v) is 9.77. The highest BCUT2D eigenvalue weighted by atomic mass is 32.2. The molecule has 1 aliphatic heterocycles. The van der Waals surface area contributed by atoms with Gasteiger partial charge in [0.15, 0.2) is 5.76 Å². The zero-order valence-electron chi connectivity index (χ0n) is 23.6. The fraction of sp³-hybridized carbons (Fsp3) is 0.444. The standard InChI is InChI=1S/C27H35N5O7S2/c1-16-13-32(17(2)15-33)24(34)12-20-11-21(30-41(36,37)25-7-6-10-40-25)8-9-22(20)38-23(16)14-31(5)27(35)28-26-18(3)29-39-19(26)4/h6-11,16-17,23,30,33H,12-15H2,1-5H3,(H,28,35)/t16-,17+,23+/m1/s1. The van der Waals surface area contributed by atoms with Gasteiger partial charge in [-0.3, -0.25) is 9.52 Å². The Balaban J connectivity index is 1.62. The van der Waals surface area contributed by atoms with E-state index in [-0.39, 0.29) is 53.9 Å². The lowest BCUT2D eigenvalue weighted by Crippen LogP contribution is -2.48. The van der Waals surface area contributed by atoms with E-state index in [4.69, 9.17) is 9.26 Å². The van der Waals surface area contributed by atoms with Gasteiger partial charge >= 0.3 is 6.03 Å². The Morgan fingerprint density at radius 2 is 2.07 bits per heavy atom. The zero-order chi connectivity index (χ0) is 29.9. The smallest absolute Gasteiger partial charge is 0.321 e. The second-order valence-corrected chi connectivity index (χ2v) is 13.1. The van der Waals surface area contributed by atoms with E-state index in [2.05, 4.69) is 15.2 Å². The summed E-state index contributed by atoms with van der Waals surface area (Å²) in [7, 11) is -2.16. The van der Waals surface area contributed by atoms with Crippen LogP contribution in [-0.2, 0) is 21.2 Å². The third-order valence-electron chi connectivity index (χ3n) is 6.99. The summed E-state index contributed by atoms with van der Waals surface area (Å²) >= 11 is 1.10. The molecule has 0 bridgehead atoms. The first kappa shape index (κ1) is 30.3. The first-order chi connectivity index (χ1) is 19.4. The first-order valence-corrected chi connectivity index (χ1v) is 15.5. The summed E-state index contributed by atoms with van der Waals surface area (Å²) < 4.78 is 39.9. The highest BCUT2D eigenvalue weighted by Gasteiger charge is 2.32. The maximum atomic E-state index is 13.4. The fourth-order valence-corrected chi connectivity index (χ4v) is 6.59. The number of benzene rings is 1. The lowest BCUT2D eigenvalue weighted by atomic mass is 10.0. The van der Waals surface area contributed by atoms with Crippen molar-refractivity contribution < 1.29 is 32.4 Å². The van der Waals surface area contributed by atoms with E-state index in [9.17, 15) is 23.1 Å². The van der Waals surface area contributed by atoms with E-state index in [1.54, 1.807) is 62.4 Å². The molecule has 14 heteroatoms. The number of likely N-dealkylation sites (N-methyl/N-ethyl adjacent to an activating group) is 1. The molecule has 4 rings (SSSR count). The minimum atomic E-state index is -3.80. The van der Waals surface area contributed by atoms with E-state index in [0.29, 0.717) is 28.5 Å². The number of fused-ring (bicyclic) bond motifs is 1. The number of thiophene rings is 1. The number of rotatable bonds is 8. The lowest BCUT2D eigenvalue weighted by Gasteiger charge is -2.34. The molecule has 1 aliphatic rings. The molecule has 0 spiro atoms. The summed E-state index contributed by atoms with van der Waals surface area (Å²) in [5, 5.41) is 18.2. The van der Waals surface area contributed by atoms with Crippen LogP contribution in [0.15, 0.2) is 44.4 Å². The van der Waals surface area contributed by atoms with E-state index >= 15 is 0 Å². The molecule has 3 heterocycles. The molecule has 41 heavy (non-hydrogen) atoms. The second kappa shape index (κ2) is 12.5. The molecule has 3 atom stereocenters. The molecule has 222 valence electrons. The van der Waals surface area contributed by atoms with E-state index < -0.39 is 22.2 Å². The van der Waals surface area contributed by atoms with Crippen LogP contribution in [0.5, 0.6) is 5.75 Å². The Morgan fingerprint density at radius 3 is 2.71 bits per heavy atom. The van der Waals surface area contributed by atoms with Gasteiger partial charge in [-0.2, -0.15) is 0 Å². The van der Waals surface area contributed by atoms with Gasteiger partial charge in [-0.15, -0.1) is 11.3 Å². The summed E-state index contributed by atoms with van der Waals surface area (Å²) in [5.41, 5.74) is 1.83. The van der Waals surface area contributed by atoms with Gasteiger partial charge in [0.05, 0.1) is 25.6 Å². The molecule has 3 amide bonds. The zero-order valence-corrected chi connectivity index (χ0v) is 25.2. The van der Waals surface area contributed by atoms with Crippen LogP contribution in [0, 0.1) is 19.8 Å². The molecule has 0 fully saturated rings. The van der Waals surface area contributed by atoms with Crippen molar-refractivity contribution in [2.45, 2.75) is 50.5 Å². The average Bonchev–Trinajstić information content (AvgIpc) is 3.59. The van der Waals surface area contributed by atoms with E-state index in [1.165, 1.54) is 11.0 Å². The highest BCUT2D eigenvalue weighted by molar-refractivity contribution is 7.94. The minimum Gasteiger partial charge on any atom is -0.488 e. The van der Waals surface area contributed by atoms with Crippen molar-refractivity contribution in [1.82, 2.24) is 15.0 Å². The van der Waals surface area contributed by atoms with Crippen molar-refractivity contribution in [3.05, 3.63) is 52.7 Å². The summed E-state index contributed by atoms with van der Waals surface area (Å²) in [5.74, 6) is 0.437. The molecule has 0 radical (unpaired) electrons. The number of nitrogens with one attached hydrogen (secondary N) is 2. The third kappa shape index (κ3) is 7.00. The fourth-order valence-electron chi connectivity index (χ4n) is 4.55. The van der Waals surface area contributed by atoms with Gasteiger partial charge in [0.25, 0.3) is 10.0 Å². The molecule has 3 aromatic rings. The number of hydrogen-bond donors (Lipinski definition) is 3. The van der Waals surface area contributed by atoms with Gasteiger partial charge in [0.2, 0.25) is 5.91 Å². The molecule has 3 N–H and O–H groups in total. The molecule has 1 aromatic carbocycles. The minimum absolute atomic E-state index is 0.0595. The summed E-state index contributed by atoms with van der Waals surface area (Å²) in [6.45, 7) is 7.36. The number of carbonyl (C=O) groups is 2. The Bertz CT molecular complexity index is 1470. The van der Waals surface area contributed by atoms with Crippen molar-refractivity contribution in [3.63, 3.8) is 0 Å². The number of aliphatic hydroxyl groups is 1. The Labute approximate surface area is 243 Å². The van der Waals surface area contributed by atoms with Gasteiger partial charge in [0, 0.05) is 30.8 Å². The number of urea groups is 1. The number of aryl methyl sites for hydroxylation is 2. The lowest BCUT2D eigenvalue weighted by molar-refractivity contribution is -0.134. The van der Waals surface area contributed by atoms with Gasteiger partial charge in [-0.1, -0.05) is 18.1 Å². The number of ether oxygens (including phenoxy) is 1. The Morgan fingerprint density at radius 1 is 1.32 bits per heavy atom. The van der Waals surface area contributed by atoms with Crippen molar-refractivity contribution in [1.29, 1.82) is 0 Å². The maximum Gasteiger partial charge on any atom is 0.321 e. The Kier molecular flexibility index (Phi) is 9.24. The average molecular weight is 606 g/mol. The van der Waals surface area contributed by atoms with Crippen molar-refractivity contribution in [2.75, 3.05) is 36.8 Å². The quantitative estimate of drug-likeness (QED) is 0.353. The Hall–Kier alpha value is -3.62. The first-order valence-electron chi connectivity index (χ1n) is 13.1. The van der Waals surface area contributed by atoms with Crippen LogP contribution >= 0.6 is 11.3 Å². The predicted octanol–water partition coefficient (Wildman–Crippen LogP) is 3.47. The van der Waals surface area contributed by atoms with Gasteiger partial charge in [-0.25, -0.2) is 13.2 Å². The van der Waals surface area contributed by atoms with E-state index in [0.717, 1.165) is 11.3 Å². The predicted molar refractivity (Wildman–Crippen MR) is 155 cm³/mol. The molecule has 2 aromatic heterocycles. The highest BCUT2D eigenvalue weighted by Crippen LogP contribution is 2.30. The van der Waals surface area contributed by atoms with Crippen LogP contribution in [0.3, 0.4) is 0 Å². The van der Waals surface area contributed by atoms with Crippen molar-refractivity contribution in [3.8, 4) is 5.75 Å². The van der Waals surface area contributed by atoms with Gasteiger partial charge in [0.1, 0.15) is 27.4 Å². The molecule has 0 saturated carbocycles. The number of aliphatic hydroxyl groups excluding tert-OH is 1. The maximum absolute atomic E-state index is 13.4. The van der Waals surface area contributed by atoms with Gasteiger partial charge < -0.3 is 29.5 Å². The van der Waals surface area contributed by atoms with Crippen molar-refractivity contribution >= 4 is 44.7 Å². The number of sulfonamides is 1. The van der Waals surface area contributed by atoms with Crippen LogP contribution < -0.4 is 14.8 Å². The van der Waals surface area contributed by atoms with Crippen LogP contribution in [0.25, 0.3) is 0 Å². The SMILES string of the molecule is Cc1noc(C)c1NC(=O)N(C)C[C@@H]1Oc2ccc(NS(=O)(=O)c3cccs3)cc2CC(=O)N([C@@H](C)CO)C[C@H]1C. The molecular weight excluding hydrogens is 570 g/mol. The molecule has 12 nitrogen and oxygen atoms in total. The van der Waals surface area contributed by atoms with Crippen LogP contribution in [0.1, 0.15) is 30.9 Å². The van der Waals surface area contributed by atoms with Crippen molar-refractivity contribution in [2.24, 2.45) is 5.92 Å². The topological polar surface area (TPSA) is 154 Å². The normalized spacial score (nSPS) is 18.4.